The third-order valence-electron chi connectivity index (χ3n) is 4.77. The standard InChI is InChI=1S/C21H18ClN3O2S/c1-2-13-10-25(11-16-7-6-15(9-18(13)16)20(26)24-27)21-23-19(12-28-21)14-4-3-5-17(22)8-14/h2-9,12,27H,10-11H2,1H3,(H,24,26)/b13-2+. The van der Waals surface area contributed by atoms with E-state index in [1.165, 1.54) is 0 Å². The van der Waals surface area contributed by atoms with Gasteiger partial charge in [0.05, 0.1) is 5.69 Å². The van der Waals surface area contributed by atoms with Gasteiger partial charge in [0.2, 0.25) is 0 Å². The van der Waals surface area contributed by atoms with Crippen molar-refractivity contribution >= 4 is 39.5 Å². The van der Waals surface area contributed by atoms with E-state index < -0.39 is 5.91 Å². The minimum absolute atomic E-state index is 0.437. The molecule has 0 saturated heterocycles. The fourth-order valence-corrected chi connectivity index (χ4v) is 4.37. The van der Waals surface area contributed by atoms with Gasteiger partial charge in [-0.05, 0) is 47.9 Å². The van der Waals surface area contributed by atoms with Crippen molar-refractivity contribution in [3.63, 3.8) is 0 Å². The van der Waals surface area contributed by atoms with Crippen molar-refractivity contribution in [3.8, 4) is 11.3 Å². The van der Waals surface area contributed by atoms with E-state index in [0.29, 0.717) is 23.7 Å². The van der Waals surface area contributed by atoms with Gasteiger partial charge in [0.1, 0.15) is 0 Å². The van der Waals surface area contributed by atoms with Gasteiger partial charge in [0.25, 0.3) is 5.91 Å². The monoisotopic (exact) mass is 411 g/mol. The summed E-state index contributed by atoms with van der Waals surface area (Å²) in [5.41, 5.74) is 7.31. The van der Waals surface area contributed by atoms with E-state index in [2.05, 4.69) is 11.0 Å². The second kappa shape index (κ2) is 7.75. The van der Waals surface area contributed by atoms with Crippen molar-refractivity contribution in [1.82, 2.24) is 10.5 Å². The summed E-state index contributed by atoms with van der Waals surface area (Å²) < 4.78 is 0. The number of amides is 1. The van der Waals surface area contributed by atoms with Gasteiger partial charge in [-0.1, -0.05) is 35.9 Å². The number of fused-ring (bicyclic) bond motifs is 1. The molecule has 0 bridgehead atoms. The first-order chi connectivity index (χ1) is 13.6. The van der Waals surface area contributed by atoms with Gasteiger partial charge in [0.15, 0.2) is 5.13 Å². The Morgan fingerprint density at radius 1 is 1.29 bits per heavy atom. The van der Waals surface area contributed by atoms with Crippen LogP contribution in [0, 0.1) is 0 Å². The number of benzene rings is 2. The molecular weight excluding hydrogens is 394 g/mol. The van der Waals surface area contributed by atoms with Crippen LogP contribution in [0.5, 0.6) is 0 Å². The summed E-state index contributed by atoms with van der Waals surface area (Å²) in [6, 6.07) is 13.2. The molecule has 2 aromatic carbocycles. The number of carbonyl (C=O) groups is 1. The number of allylic oxidation sites excluding steroid dienone is 1. The lowest BCUT2D eigenvalue weighted by Gasteiger charge is -2.30. The van der Waals surface area contributed by atoms with Crippen molar-refractivity contribution in [2.24, 2.45) is 0 Å². The molecule has 1 amide bonds. The molecule has 0 saturated carbocycles. The second-order valence-corrected chi connectivity index (χ2v) is 7.78. The highest BCUT2D eigenvalue weighted by Gasteiger charge is 2.23. The third kappa shape index (κ3) is 3.54. The highest BCUT2D eigenvalue weighted by atomic mass is 35.5. The summed E-state index contributed by atoms with van der Waals surface area (Å²) >= 11 is 7.71. The van der Waals surface area contributed by atoms with Gasteiger partial charge in [-0.25, -0.2) is 10.5 Å². The van der Waals surface area contributed by atoms with E-state index >= 15 is 0 Å². The zero-order chi connectivity index (χ0) is 19.7. The fourth-order valence-electron chi connectivity index (χ4n) is 3.34. The van der Waals surface area contributed by atoms with Crippen molar-refractivity contribution in [2.75, 3.05) is 11.4 Å². The van der Waals surface area contributed by atoms with Crippen molar-refractivity contribution in [1.29, 1.82) is 0 Å². The first-order valence-corrected chi connectivity index (χ1v) is 10.0. The molecule has 0 fully saturated rings. The Balaban J connectivity index is 1.64. The Morgan fingerprint density at radius 2 is 2.14 bits per heavy atom. The minimum atomic E-state index is -0.508. The number of hydroxylamine groups is 1. The lowest BCUT2D eigenvalue weighted by molar-refractivity contribution is 0.0706. The number of nitrogens with one attached hydrogen (secondary N) is 1. The Hall–Kier alpha value is -2.67. The summed E-state index contributed by atoms with van der Waals surface area (Å²) in [5.74, 6) is -0.508. The van der Waals surface area contributed by atoms with Crippen molar-refractivity contribution in [3.05, 3.63) is 75.6 Å². The Morgan fingerprint density at radius 3 is 2.89 bits per heavy atom. The maximum Gasteiger partial charge on any atom is 0.274 e. The Labute approximate surface area is 171 Å². The highest BCUT2D eigenvalue weighted by Crippen LogP contribution is 2.35. The molecule has 0 spiro atoms. The van der Waals surface area contributed by atoms with E-state index in [-0.39, 0.29) is 0 Å². The summed E-state index contributed by atoms with van der Waals surface area (Å²) in [7, 11) is 0. The molecule has 2 heterocycles. The fraction of sp³-hybridized carbons (Fsp3) is 0.143. The summed E-state index contributed by atoms with van der Waals surface area (Å²) in [6.07, 6.45) is 2.05. The lowest BCUT2D eigenvalue weighted by Crippen LogP contribution is -2.30. The number of aromatic nitrogens is 1. The number of anilines is 1. The number of carbonyl (C=O) groups excluding carboxylic acids is 1. The number of hydrogen-bond acceptors (Lipinski definition) is 5. The molecule has 5 nitrogen and oxygen atoms in total. The quantitative estimate of drug-likeness (QED) is 0.470. The van der Waals surface area contributed by atoms with Gasteiger partial charge in [-0.2, -0.15) is 0 Å². The normalized spacial score (nSPS) is 14.8. The molecule has 0 atom stereocenters. The molecule has 1 aliphatic rings. The van der Waals surface area contributed by atoms with Crippen LogP contribution in [0.1, 0.15) is 28.4 Å². The molecule has 0 radical (unpaired) electrons. The van der Waals surface area contributed by atoms with Crippen LogP contribution < -0.4 is 10.4 Å². The zero-order valence-electron chi connectivity index (χ0n) is 15.1. The predicted molar refractivity (Wildman–Crippen MR) is 113 cm³/mol. The minimum Gasteiger partial charge on any atom is -0.339 e. The van der Waals surface area contributed by atoms with Crippen LogP contribution in [0.15, 0.2) is 53.9 Å². The Bertz CT molecular complexity index is 1080. The number of nitrogens with zero attached hydrogens (tertiary/aromatic N) is 2. The molecule has 0 unspecified atom stereocenters. The van der Waals surface area contributed by atoms with Gasteiger partial charge in [0, 0.05) is 34.6 Å². The largest absolute Gasteiger partial charge is 0.339 e. The maximum absolute atomic E-state index is 11.7. The van der Waals surface area contributed by atoms with E-state index in [1.54, 1.807) is 22.9 Å². The average molecular weight is 412 g/mol. The molecule has 28 heavy (non-hydrogen) atoms. The highest BCUT2D eigenvalue weighted by molar-refractivity contribution is 7.14. The van der Waals surface area contributed by atoms with Crippen molar-refractivity contribution < 1.29 is 10.0 Å². The first-order valence-electron chi connectivity index (χ1n) is 8.78. The smallest absolute Gasteiger partial charge is 0.274 e. The SMILES string of the molecule is C/C=C1\CN(c2nc(-c3cccc(Cl)c3)cs2)Cc2ccc(C(=O)NO)cc21. The maximum atomic E-state index is 11.7. The van der Waals surface area contributed by atoms with Crippen LogP contribution in [-0.4, -0.2) is 22.6 Å². The number of hydrogen-bond donors (Lipinski definition) is 2. The molecule has 3 aromatic rings. The van der Waals surface area contributed by atoms with Crippen LogP contribution in [0.2, 0.25) is 5.02 Å². The van der Waals surface area contributed by atoms with Gasteiger partial charge < -0.3 is 4.90 Å². The van der Waals surface area contributed by atoms with Gasteiger partial charge >= 0.3 is 0 Å². The van der Waals surface area contributed by atoms with Gasteiger partial charge in [-0.3, -0.25) is 10.0 Å². The third-order valence-corrected chi connectivity index (χ3v) is 5.91. The molecule has 7 heteroatoms. The van der Waals surface area contributed by atoms with Crippen LogP contribution in [0.25, 0.3) is 16.8 Å². The van der Waals surface area contributed by atoms with Crippen LogP contribution >= 0.6 is 22.9 Å². The van der Waals surface area contributed by atoms with E-state index in [9.17, 15) is 4.79 Å². The summed E-state index contributed by atoms with van der Waals surface area (Å²) in [5, 5.41) is 12.6. The predicted octanol–water partition coefficient (Wildman–Crippen LogP) is 5.01. The van der Waals surface area contributed by atoms with Crippen LogP contribution in [0.3, 0.4) is 0 Å². The number of rotatable bonds is 3. The van der Waals surface area contributed by atoms with E-state index in [4.69, 9.17) is 21.8 Å². The van der Waals surface area contributed by atoms with Crippen molar-refractivity contribution in [2.45, 2.75) is 13.5 Å². The second-order valence-electron chi connectivity index (χ2n) is 6.51. The molecular formula is C21H18ClN3O2S. The molecule has 1 aliphatic heterocycles. The van der Waals surface area contributed by atoms with E-state index in [0.717, 1.165) is 33.1 Å². The average Bonchev–Trinajstić information content (AvgIpc) is 3.22. The van der Waals surface area contributed by atoms with E-state index in [1.807, 2.05) is 48.7 Å². The summed E-state index contributed by atoms with van der Waals surface area (Å²) in [4.78, 5) is 18.8. The Kier molecular flexibility index (Phi) is 5.17. The topological polar surface area (TPSA) is 65.5 Å². The number of halogens is 1. The zero-order valence-corrected chi connectivity index (χ0v) is 16.7. The molecule has 1 aromatic heterocycles. The lowest BCUT2D eigenvalue weighted by atomic mass is 9.93. The molecule has 2 N–H and O–H groups in total. The van der Waals surface area contributed by atoms with Crippen LogP contribution in [-0.2, 0) is 6.54 Å². The first kappa shape index (κ1) is 18.7. The van der Waals surface area contributed by atoms with Gasteiger partial charge in [-0.15, -0.1) is 11.3 Å². The molecule has 4 rings (SSSR count). The molecule has 142 valence electrons. The number of thiazole rings is 1. The van der Waals surface area contributed by atoms with Crippen LogP contribution in [0.4, 0.5) is 5.13 Å². The summed E-state index contributed by atoms with van der Waals surface area (Å²) in [6.45, 7) is 3.40. The molecule has 0 aliphatic carbocycles.